The number of aromatic nitrogens is 4. The summed E-state index contributed by atoms with van der Waals surface area (Å²) in [4.78, 5) is 20.9. The van der Waals surface area contributed by atoms with Crippen LogP contribution in [0.25, 0.3) is 11.4 Å². The highest BCUT2D eigenvalue weighted by Gasteiger charge is 2.34. The second-order valence-electron chi connectivity index (χ2n) is 7.23. The van der Waals surface area contributed by atoms with Crippen molar-refractivity contribution in [3.63, 3.8) is 0 Å². The molecule has 4 rings (SSSR count). The Kier molecular flexibility index (Phi) is 4.58. The first-order valence-corrected chi connectivity index (χ1v) is 9.16. The number of nitrogens with one attached hydrogen (secondary N) is 2. The van der Waals surface area contributed by atoms with Crippen molar-refractivity contribution >= 4 is 6.03 Å². The fourth-order valence-corrected chi connectivity index (χ4v) is 3.54. The van der Waals surface area contributed by atoms with Crippen LogP contribution in [0.2, 0.25) is 0 Å². The third kappa shape index (κ3) is 3.70. The lowest BCUT2D eigenvalue weighted by Gasteiger charge is -2.33. The zero-order valence-electron chi connectivity index (χ0n) is 14.8. The molecular weight excluding hydrogens is 332 g/mol. The maximum atomic E-state index is 12.0. The van der Waals surface area contributed by atoms with Gasteiger partial charge in [-0.05, 0) is 44.2 Å². The number of aliphatic hydroxyl groups is 1. The minimum Gasteiger partial charge on any atom is -0.391 e. The molecular formula is C18H24N6O2. The molecule has 0 unspecified atom stereocenters. The molecule has 3 atom stereocenters. The topological polar surface area (TPSA) is 105 Å². The van der Waals surface area contributed by atoms with Crippen LogP contribution in [0, 0.1) is 0 Å². The lowest BCUT2D eigenvalue weighted by molar-refractivity contribution is 0.0851. The maximum Gasteiger partial charge on any atom is 0.315 e. The number of aryl methyl sites for hydroxylation is 1. The van der Waals surface area contributed by atoms with Gasteiger partial charge >= 0.3 is 6.03 Å². The summed E-state index contributed by atoms with van der Waals surface area (Å²) in [5, 5.41) is 20.6. The van der Waals surface area contributed by atoms with Gasteiger partial charge in [0.25, 0.3) is 0 Å². The van der Waals surface area contributed by atoms with E-state index in [9.17, 15) is 9.90 Å². The molecule has 2 amide bonds. The standard InChI is InChI=1S/C18H24N6O2/c1-24-17(22-16(23-24)12-3-2-8-19-10-12)11-4-7-15(25)14(9-11)21-18(26)20-13-5-6-13/h2-3,8,10-11,13-15,25H,4-7,9H2,1H3,(H2,20,21,26)/t11-,14+,15+/m0/s1. The van der Waals surface area contributed by atoms with Crippen LogP contribution < -0.4 is 10.6 Å². The van der Waals surface area contributed by atoms with Gasteiger partial charge in [-0.2, -0.15) is 5.10 Å². The van der Waals surface area contributed by atoms with Gasteiger partial charge in [0.1, 0.15) is 5.82 Å². The lowest BCUT2D eigenvalue weighted by Crippen LogP contribution is -2.50. The van der Waals surface area contributed by atoms with Crippen LogP contribution in [0.15, 0.2) is 24.5 Å². The van der Waals surface area contributed by atoms with E-state index in [1.165, 1.54) is 0 Å². The predicted octanol–water partition coefficient (Wildman–Crippen LogP) is 1.34. The predicted molar refractivity (Wildman–Crippen MR) is 95.3 cm³/mol. The Balaban J connectivity index is 1.47. The van der Waals surface area contributed by atoms with Crippen LogP contribution in [-0.2, 0) is 7.05 Å². The van der Waals surface area contributed by atoms with Crippen LogP contribution in [0.3, 0.4) is 0 Å². The van der Waals surface area contributed by atoms with Crippen molar-refractivity contribution in [3.8, 4) is 11.4 Å². The molecule has 2 aromatic heterocycles. The van der Waals surface area contributed by atoms with E-state index in [4.69, 9.17) is 4.98 Å². The number of nitrogens with zero attached hydrogens (tertiary/aromatic N) is 4. The Morgan fingerprint density at radius 3 is 2.85 bits per heavy atom. The number of rotatable bonds is 4. The van der Waals surface area contributed by atoms with Crippen LogP contribution in [-0.4, -0.2) is 49.1 Å². The third-order valence-corrected chi connectivity index (χ3v) is 5.12. The Morgan fingerprint density at radius 2 is 2.12 bits per heavy atom. The Labute approximate surface area is 152 Å². The molecule has 8 nitrogen and oxygen atoms in total. The van der Waals surface area contributed by atoms with Gasteiger partial charge in [0.15, 0.2) is 5.82 Å². The first-order valence-electron chi connectivity index (χ1n) is 9.16. The molecule has 0 radical (unpaired) electrons. The molecule has 0 spiro atoms. The highest BCUT2D eigenvalue weighted by atomic mass is 16.3. The number of carbonyl (C=O) groups is 1. The summed E-state index contributed by atoms with van der Waals surface area (Å²) < 4.78 is 1.80. The van der Waals surface area contributed by atoms with E-state index in [1.54, 1.807) is 17.1 Å². The quantitative estimate of drug-likeness (QED) is 0.767. The minimum atomic E-state index is -0.526. The van der Waals surface area contributed by atoms with Crippen molar-refractivity contribution in [1.29, 1.82) is 0 Å². The number of hydrogen-bond acceptors (Lipinski definition) is 5. The molecule has 0 saturated heterocycles. The Morgan fingerprint density at radius 1 is 1.27 bits per heavy atom. The SMILES string of the molecule is Cn1nc(-c2cccnc2)nc1[C@H]1CC[C@@H](O)[C@H](NC(=O)NC2CC2)C1. The average Bonchev–Trinajstić information content (AvgIpc) is 3.36. The second-order valence-corrected chi connectivity index (χ2v) is 7.23. The third-order valence-electron chi connectivity index (χ3n) is 5.12. The molecule has 8 heteroatoms. The molecule has 2 heterocycles. The molecule has 26 heavy (non-hydrogen) atoms. The monoisotopic (exact) mass is 356 g/mol. The molecule has 0 bridgehead atoms. The molecule has 2 aromatic rings. The molecule has 2 fully saturated rings. The van der Waals surface area contributed by atoms with Gasteiger partial charge in [0.05, 0.1) is 12.1 Å². The summed E-state index contributed by atoms with van der Waals surface area (Å²) >= 11 is 0. The first-order chi connectivity index (χ1) is 12.6. The normalized spacial score (nSPS) is 25.7. The van der Waals surface area contributed by atoms with E-state index >= 15 is 0 Å². The summed E-state index contributed by atoms with van der Waals surface area (Å²) in [6, 6.07) is 3.63. The fraction of sp³-hybridized carbons (Fsp3) is 0.556. The molecule has 3 N–H and O–H groups in total. The van der Waals surface area contributed by atoms with Crippen molar-refractivity contribution in [2.24, 2.45) is 7.05 Å². The molecule has 138 valence electrons. The summed E-state index contributed by atoms with van der Waals surface area (Å²) in [5.74, 6) is 1.68. The Bertz CT molecular complexity index is 773. The van der Waals surface area contributed by atoms with Crippen LogP contribution in [0.5, 0.6) is 0 Å². The van der Waals surface area contributed by atoms with E-state index in [0.717, 1.165) is 30.7 Å². The molecule has 2 aliphatic rings. The van der Waals surface area contributed by atoms with E-state index in [1.807, 2.05) is 19.2 Å². The van der Waals surface area contributed by atoms with E-state index in [2.05, 4.69) is 20.7 Å². The summed E-state index contributed by atoms with van der Waals surface area (Å²) in [6.45, 7) is 0. The van der Waals surface area contributed by atoms with Crippen molar-refractivity contribution in [2.75, 3.05) is 0 Å². The van der Waals surface area contributed by atoms with E-state index in [-0.39, 0.29) is 18.0 Å². The molecule has 0 aliphatic heterocycles. The zero-order chi connectivity index (χ0) is 18.1. The number of carbonyl (C=O) groups excluding carboxylic acids is 1. The first kappa shape index (κ1) is 17.0. The summed E-state index contributed by atoms with van der Waals surface area (Å²) in [6.07, 6.45) is 7.13. The van der Waals surface area contributed by atoms with Gasteiger partial charge in [-0.15, -0.1) is 0 Å². The fourth-order valence-electron chi connectivity index (χ4n) is 3.54. The van der Waals surface area contributed by atoms with Crippen LogP contribution in [0.1, 0.15) is 43.8 Å². The van der Waals surface area contributed by atoms with Gasteiger partial charge in [0.2, 0.25) is 0 Å². The minimum absolute atomic E-state index is 0.146. The summed E-state index contributed by atoms with van der Waals surface area (Å²) in [5.41, 5.74) is 0.878. The van der Waals surface area contributed by atoms with Gasteiger partial charge in [-0.25, -0.2) is 9.78 Å². The Hall–Kier alpha value is -2.48. The van der Waals surface area contributed by atoms with E-state index in [0.29, 0.717) is 24.7 Å². The van der Waals surface area contributed by atoms with Crippen LogP contribution in [0.4, 0.5) is 4.79 Å². The number of hydrogen-bond donors (Lipinski definition) is 3. The highest BCUT2D eigenvalue weighted by molar-refractivity contribution is 5.75. The zero-order valence-corrected chi connectivity index (χ0v) is 14.8. The number of pyridine rings is 1. The summed E-state index contributed by atoms with van der Waals surface area (Å²) in [7, 11) is 1.88. The van der Waals surface area contributed by atoms with Crippen molar-refractivity contribution in [1.82, 2.24) is 30.4 Å². The van der Waals surface area contributed by atoms with Gasteiger partial charge < -0.3 is 15.7 Å². The highest BCUT2D eigenvalue weighted by Crippen LogP contribution is 2.33. The van der Waals surface area contributed by atoms with Crippen molar-refractivity contribution in [3.05, 3.63) is 30.4 Å². The molecule has 2 aliphatic carbocycles. The van der Waals surface area contributed by atoms with E-state index < -0.39 is 6.10 Å². The van der Waals surface area contributed by atoms with Crippen LogP contribution >= 0.6 is 0 Å². The molecule has 2 saturated carbocycles. The lowest BCUT2D eigenvalue weighted by atomic mass is 9.83. The maximum absolute atomic E-state index is 12.0. The number of urea groups is 1. The number of amides is 2. The van der Waals surface area contributed by atoms with Gasteiger partial charge in [0, 0.05) is 37.0 Å². The smallest absolute Gasteiger partial charge is 0.315 e. The average molecular weight is 356 g/mol. The van der Waals surface area contributed by atoms with Crippen molar-refractivity contribution in [2.45, 2.75) is 56.2 Å². The second kappa shape index (κ2) is 7.03. The molecule has 0 aromatic carbocycles. The van der Waals surface area contributed by atoms with Gasteiger partial charge in [-0.3, -0.25) is 9.67 Å². The number of aliphatic hydroxyl groups excluding tert-OH is 1. The van der Waals surface area contributed by atoms with Crippen molar-refractivity contribution < 1.29 is 9.90 Å². The largest absolute Gasteiger partial charge is 0.391 e. The van der Waals surface area contributed by atoms with Gasteiger partial charge in [-0.1, -0.05) is 0 Å².